The number of hydrogen-bond acceptors (Lipinski definition) is 3. The summed E-state index contributed by atoms with van der Waals surface area (Å²) in [6, 6.07) is 0. The molecule has 98 valence electrons. The molecule has 0 aliphatic rings. The first-order chi connectivity index (χ1) is 7.99. The standard InChI is InChI=1S/C11H17F3N2O/c1-3-5-16(6-4-2)7-9-10(11(12,13)14)15-8-17-9/h8H,3-7H2,1-2H3. The van der Waals surface area contributed by atoms with E-state index in [1.165, 1.54) is 0 Å². The molecule has 0 amide bonds. The average molecular weight is 250 g/mol. The van der Waals surface area contributed by atoms with Gasteiger partial charge in [0, 0.05) is 0 Å². The average Bonchev–Trinajstić information content (AvgIpc) is 2.66. The maximum Gasteiger partial charge on any atom is 0.436 e. The zero-order valence-corrected chi connectivity index (χ0v) is 10.0. The first kappa shape index (κ1) is 14.0. The molecule has 0 N–H and O–H groups in total. The van der Waals surface area contributed by atoms with E-state index in [0.717, 1.165) is 32.3 Å². The van der Waals surface area contributed by atoms with Gasteiger partial charge in [-0.05, 0) is 25.9 Å². The molecule has 0 bridgehead atoms. The van der Waals surface area contributed by atoms with Gasteiger partial charge < -0.3 is 4.42 Å². The monoisotopic (exact) mass is 250 g/mol. The zero-order chi connectivity index (χ0) is 12.9. The maximum atomic E-state index is 12.6. The number of alkyl halides is 3. The zero-order valence-electron chi connectivity index (χ0n) is 10.0. The number of oxazole rings is 1. The fraction of sp³-hybridized carbons (Fsp3) is 0.727. The summed E-state index contributed by atoms with van der Waals surface area (Å²) in [5, 5.41) is 0. The minimum Gasteiger partial charge on any atom is -0.446 e. The molecule has 0 spiro atoms. The smallest absolute Gasteiger partial charge is 0.436 e. The van der Waals surface area contributed by atoms with Crippen LogP contribution in [0.15, 0.2) is 10.8 Å². The Hall–Kier alpha value is -1.04. The minimum absolute atomic E-state index is 0.0978. The molecule has 0 aliphatic heterocycles. The van der Waals surface area contributed by atoms with Crippen LogP contribution in [0.4, 0.5) is 13.2 Å². The van der Waals surface area contributed by atoms with Crippen molar-refractivity contribution in [3.63, 3.8) is 0 Å². The first-order valence-corrected chi connectivity index (χ1v) is 5.71. The minimum atomic E-state index is -4.44. The molecule has 0 saturated carbocycles. The van der Waals surface area contributed by atoms with Crippen molar-refractivity contribution in [1.29, 1.82) is 0 Å². The quantitative estimate of drug-likeness (QED) is 0.775. The summed E-state index contributed by atoms with van der Waals surface area (Å²) in [5.41, 5.74) is -0.908. The largest absolute Gasteiger partial charge is 0.446 e. The predicted octanol–water partition coefficient (Wildman–Crippen LogP) is 3.32. The van der Waals surface area contributed by atoms with Gasteiger partial charge >= 0.3 is 6.18 Å². The SMILES string of the molecule is CCCN(CCC)Cc1ocnc1C(F)(F)F. The lowest BCUT2D eigenvalue weighted by Crippen LogP contribution is -2.26. The fourth-order valence-electron chi connectivity index (χ4n) is 1.72. The number of rotatable bonds is 6. The van der Waals surface area contributed by atoms with Crippen molar-refractivity contribution in [3.05, 3.63) is 17.8 Å². The van der Waals surface area contributed by atoms with E-state index in [1.54, 1.807) is 0 Å². The Bertz CT molecular complexity index is 330. The summed E-state index contributed by atoms with van der Waals surface area (Å²) in [4.78, 5) is 5.18. The summed E-state index contributed by atoms with van der Waals surface area (Å²) in [6.45, 7) is 5.66. The lowest BCUT2D eigenvalue weighted by atomic mass is 10.3. The van der Waals surface area contributed by atoms with E-state index in [-0.39, 0.29) is 12.3 Å². The normalized spacial score (nSPS) is 12.4. The van der Waals surface area contributed by atoms with Gasteiger partial charge in [-0.1, -0.05) is 13.8 Å². The summed E-state index contributed by atoms with van der Waals surface area (Å²) in [5.74, 6) is -0.0978. The van der Waals surface area contributed by atoms with Crippen molar-refractivity contribution in [2.75, 3.05) is 13.1 Å². The van der Waals surface area contributed by atoms with Crippen LogP contribution in [-0.4, -0.2) is 23.0 Å². The molecular formula is C11H17F3N2O. The molecule has 6 heteroatoms. The maximum absolute atomic E-state index is 12.6. The molecule has 0 unspecified atom stereocenters. The first-order valence-electron chi connectivity index (χ1n) is 5.71. The highest BCUT2D eigenvalue weighted by molar-refractivity contribution is 5.11. The van der Waals surface area contributed by atoms with Crippen LogP contribution in [0.1, 0.15) is 38.1 Å². The third-order valence-corrected chi connectivity index (χ3v) is 2.36. The summed E-state index contributed by atoms with van der Waals surface area (Å²) in [7, 11) is 0. The van der Waals surface area contributed by atoms with Gasteiger partial charge in [0.25, 0.3) is 0 Å². The molecule has 1 rings (SSSR count). The van der Waals surface area contributed by atoms with Crippen molar-refractivity contribution in [1.82, 2.24) is 9.88 Å². The molecule has 17 heavy (non-hydrogen) atoms. The molecule has 3 nitrogen and oxygen atoms in total. The summed E-state index contributed by atoms with van der Waals surface area (Å²) in [6.07, 6.45) is -1.79. The number of nitrogens with zero attached hydrogens (tertiary/aromatic N) is 2. The van der Waals surface area contributed by atoms with E-state index in [9.17, 15) is 13.2 Å². The molecule has 1 aromatic rings. The molecule has 0 radical (unpaired) electrons. The second-order valence-electron chi connectivity index (χ2n) is 3.90. The third-order valence-electron chi connectivity index (χ3n) is 2.36. The fourth-order valence-corrected chi connectivity index (χ4v) is 1.72. The van der Waals surface area contributed by atoms with Crippen LogP contribution >= 0.6 is 0 Å². The lowest BCUT2D eigenvalue weighted by molar-refractivity contribution is -0.142. The Kier molecular flexibility index (Phi) is 4.99. The van der Waals surface area contributed by atoms with Gasteiger partial charge in [-0.25, -0.2) is 4.98 Å². The second kappa shape index (κ2) is 6.05. The molecule has 1 aromatic heterocycles. The Morgan fingerprint density at radius 3 is 2.29 bits per heavy atom. The van der Waals surface area contributed by atoms with E-state index in [2.05, 4.69) is 4.98 Å². The van der Waals surface area contributed by atoms with E-state index in [0.29, 0.717) is 0 Å². The Labute approximate surface area is 98.6 Å². The summed E-state index contributed by atoms with van der Waals surface area (Å²) < 4.78 is 42.5. The topological polar surface area (TPSA) is 29.3 Å². The van der Waals surface area contributed by atoms with Gasteiger partial charge in [0.2, 0.25) is 0 Å². The van der Waals surface area contributed by atoms with Crippen molar-refractivity contribution in [3.8, 4) is 0 Å². The Morgan fingerprint density at radius 2 is 1.82 bits per heavy atom. The molecule has 0 fully saturated rings. The van der Waals surface area contributed by atoms with Crippen LogP contribution in [0, 0.1) is 0 Å². The second-order valence-corrected chi connectivity index (χ2v) is 3.90. The highest BCUT2D eigenvalue weighted by Crippen LogP contribution is 2.31. The van der Waals surface area contributed by atoms with E-state index < -0.39 is 11.9 Å². The molecular weight excluding hydrogens is 233 g/mol. The van der Waals surface area contributed by atoms with E-state index in [4.69, 9.17) is 4.42 Å². The van der Waals surface area contributed by atoms with Crippen LogP contribution in [0.2, 0.25) is 0 Å². The van der Waals surface area contributed by atoms with Crippen LogP contribution < -0.4 is 0 Å². The number of aromatic nitrogens is 1. The van der Waals surface area contributed by atoms with Gasteiger partial charge in [-0.2, -0.15) is 13.2 Å². The Balaban J connectivity index is 2.75. The lowest BCUT2D eigenvalue weighted by Gasteiger charge is -2.20. The molecule has 0 aliphatic carbocycles. The van der Waals surface area contributed by atoms with Crippen molar-refractivity contribution < 1.29 is 17.6 Å². The van der Waals surface area contributed by atoms with E-state index >= 15 is 0 Å². The third kappa shape index (κ3) is 4.03. The van der Waals surface area contributed by atoms with Gasteiger partial charge in [0.15, 0.2) is 17.8 Å². The molecule has 0 saturated heterocycles. The van der Waals surface area contributed by atoms with Crippen LogP contribution in [0.25, 0.3) is 0 Å². The van der Waals surface area contributed by atoms with Crippen molar-refractivity contribution in [2.24, 2.45) is 0 Å². The Morgan fingerprint density at radius 1 is 1.24 bits per heavy atom. The number of hydrogen-bond donors (Lipinski definition) is 0. The van der Waals surface area contributed by atoms with Gasteiger partial charge in [-0.3, -0.25) is 4.90 Å². The highest BCUT2D eigenvalue weighted by atomic mass is 19.4. The van der Waals surface area contributed by atoms with Crippen LogP contribution in [-0.2, 0) is 12.7 Å². The molecule has 1 heterocycles. The highest BCUT2D eigenvalue weighted by Gasteiger charge is 2.37. The van der Waals surface area contributed by atoms with Gasteiger partial charge in [-0.15, -0.1) is 0 Å². The van der Waals surface area contributed by atoms with Crippen molar-refractivity contribution >= 4 is 0 Å². The van der Waals surface area contributed by atoms with E-state index in [1.807, 2.05) is 18.7 Å². The number of halogens is 3. The summed E-state index contributed by atoms with van der Waals surface area (Å²) >= 11 is 0. The molecule has 0 atom stereocenters. The predicted molar refractivity (Wildman–Crippen MR) is 57.4 cm³/mol. The van der Waals surface area contributed by atoms with Crippen LogP contribution in [0.3, 0.4) is 0 Å². The van der Waals surface area contributed by atoms with Crippen LogP contribution in [0.5, 0.6) is 0 Å². The van der Waals surface area contributed by atoms with Gasteiger partial charge in [0.05, 0.1) is 6.54 Å². The van der Waals surface area contributed by atoms with Gasteiger partial charge in [0.1, 0.15) is 0 Å². The molecule has 0 aromatic carbocycles. The van der Waals surface area contributed by atoms with Crippen molar-refractivity contribution in [2.45, 2.75) is 39.4 Å².